The van der Waals surface area contributed by atoms with Crippen molar-refractivity contribution in [2.75, 3.05) is 6.54 Å². The first kappa shape index (κ1) is 15.2. The van der Waals surface area contributed by atoms with Crippen LogP contribution in [0.1, 0.15) is 46.6 Å². The Bertz CT molecular complexity index is 456. The first-order valence-corrected chi connectivity index (χ1v) is 7.62. The van der Waals surface area contributed by atoms with Crippen molar-refractivity contribution >= 4 is 0 Å². The molecule has 0 aliphatic carbocycles. The predicted molar refractivity (Wildman–Crippen MR) is 82.7 cm³/mol. The van der Waals surface area contributed by atoms with Crippen molar-refractivity contribution in [1.82, 2.24) is 5.32 Å². The zero-order chi connectivity index (χ0) is 14.8. The Balaban J connectivity index is 2.03. The summed E-state index contributed by atoms with van der Waals surface area (Å²) >= 11 is 0. The largest absolute Gasteiger partial charge is 0.487 e. The Labute approximate surface area is 122 Å². The van der Waals surface area contributed by atoms with E-state index in [9.17, 15) is 0 Å². The Kier molecular flexibility index (Phi) is 4.59. The van der Waals surface area contributed by atoms with Gasteiger partial charge in [-0.3, -0.25) is 0 Å². The molecule has 2 unspecified atom stereocenters. The third kappa shape index (κ3) is 3.66. The monoisotopic (exact) mass is 277 g/mol. The van der Waals surface area contributed by atoms with Gasteiger partial charge in [-0.1, -0.05) is 19.1 Å². The van der Waals surface area contributed by atoms with Gasteiger partial charge in [-0.05, 0) is 46.7 Å². The van der Waals surface area contributed by atoms with Gasteiger partial charge in [0.05, 0.1) is 6.10 Å². The maximum atomic E-state index is 6.10. The first-order valence-electron chi connectivity index (χ1n) is 7.62. The number of nitrogens with one attached hydrogen (secondary N) is 1. The second kappa shape index (κ2) is 6.04. The van der Waals surface area contributed by atoms with Crippen molar-refractivity contribution in [1.29, 1.82) is 0 Å². The van der Waals surface area contributed by atoms with Crippen molar-refractivity contribution < 1.29 is 9.47 Å². The lowest BCUT2D eigenvalue weighted by Crippen LogP contribution is -2.31. The normalized spacial score (nSPS) is 19.1. The fraction of sp³-hybridized carbons (Fsp3) is 0.647. The summed E-state index contributed by atoms with van der Waals surface area (Å²) in [5.41, 5.74) is 1.13. The summed E-state index contributed by atoms with van der Waals surface area (Å²) in [4.78, 5) is 0. The Morgan fingerprint density at radius 1 is 1.35 bits per heavy atom. The molecule has 0 radical (unpaired) electrons. The molecule has 2 rings (SSSR count). The first-order chi connectivity index (χ1) is 9.41. The SMILES string of the molecule is CCNC(C)CC(C)Oc1cccc2c1OC(C)(C)C2. The molecule has 0 bridgehead atoms. The second-order valence-electron chi connectivity index (χ2n) is 6.41. The van der Waals surface area contributed by atoms with Gasteiger partial charge in [-0.2, -0.15) is 0 Å². The van der Waals surface area contributed by atoms with E-state index in [0.29, 0.717) is 6.04 Å². The number of ether oxygens (including phenoxy) is 2. The van der Waals surface area contributed by atoms with E-state index in [1.54, 1.807) is 0 Å². The lowest BCUT2D eigenvalue weighted by atomic mass is 10.0. The zero-order valence-electron chi connectivity index (χ0n) is 13.3. The highest BCUT2D eigenvalue weighted by molar-refractivity contribution is 5.50. The summed E-state index contributed by atoms with van der Waals surface area (Å²) in [7, 11) is 0. The molecule has 1 aliphatic heterocycles. The average Bonchev–Trinajstić information content (AvgIpc) is 2.64. The highest BCUT2D eigenvalue weighted by Crippen LogP contribution is 2.42. The maximum absolute atomic E-state index is 6.10. The van der Waals surface area contributed by atoms with Crippen molar-refractivity contribution in [3.63, 3.8) is 0 Å². The van der Waals surface area contributed by atoms with E-state index in [-0.39, 0.29) is 11.7 Å². The topological polar surface area (TPSA) is 30.5 Å². The van der Waals surface area contributed by atoms with E-state index in [2.05, 4.69) is 52.1 Å². The third-order valence-corrected chi connectivity index (χ3v) is 3.62. The average molecular weight is 277 g/mol. The van der Waals surface area contributed by atoms with Gasteiger partial charge in [-0.25, -0.2) is 0 Å². The standard InChI is InChI=1S/C17H27NO2/c1-6-18-12(2)10-13(3)19-15-9-7-8-14-11-17(4,5)20-16(14)15/h7-9,12-13,18H,6,10-11H2,1-5H3. The Morgan fingerprint density at radius 2 is 2.10 bits per heavy atom. The summed E-state index contributed by atoms with van der Waals surface area (Å²) < 4.78 is 12.1. The van der Waals surface area contributed by atoms with Crippen LogP contribution in [0.4, 0.5) is 0 Å². The van der Waals surface area contributed by atoms with Crippen LogP contribution in [-0.2, 0) is 6.42 Å². The summed E-state index contributed by atoms with van der Waals surface area (Å²) in [5.74, 6) is 1.81. The highest BCUT2D eigenvalue weighted by atomic mass is 16.5. The molecule has 0 saturated heterocycles. The molecule has 1 heterocycles. The summed E-state index contributed by atoms with van der Waals surface area (Å²) in [6, 6.07) is 6.65. The van der Waals surface area contributed by atoms with Crippen LogP contribution >= 0.6 is 0 Å². The summed E-state index contributed by atoms with van der Waals surface area (Å²) in [6.45, 7) is 11.7. The van der Waals surface area contributed by atoms with E-state index in [1.165, 1.54) is 5.56 Å². The predicted octanol–water partition coefficient (Wildman–Crippen LogP) is 3.56. The van der Waals surface area contributed by atoms with E-state index >= 15 is 0 Å². The minimum Gasteiger partial charge on any atom is -0.487 e. The van der Waals surface area contributed by atoms with Crippen LogP contribution in [0.25, 0.3) is 0 Å². The molecule has 0 saturated carbocycles. The summed E-state index contributed by atoms with van der Waals surface area (Å²) in [5, 5.41) is 3.42. The van der Waals surface area contributed by atoms with Gasteiger partial charge in [0.15, 0.2) is 11.5 Å². The molecule has 1 aliphatic rings. The number of fused-ring (bicyclic) bond motifs is 1. The molecule has 0 spiro atoms. The van der Waals surface area contributed by atoms with Crippen molar-refractivity contribution in [2.45, 2.75) is 65.2 Å². The molecule has 112 valence electrons. The summed E-state index contributed by atoms with van der Waals surface area (Å²) in [6.07, 6.45) is 2.10. The molecule has 0 aromatic heterocycles. The van der Waals surface area contributed by atoms with Crippen LogP contribution in [0.5, 0.6) is 11.5 Å². The van der Waals surface area contributed by atoms with Crippen molar-refractivity contribution in [2.24, 2.45) is 0 Å². The Hall–Kier alpha value is -1.22. The second-order valence-corrected chi connectivity index (χ2v) is 6.41. The number of para-hydroxylation sites is 1. The minimum absolute atomic E-state index is 0.123. The molecule has 20 heavy (non-hydrogen) atoms. The van der Waals surface area contributed by atoms with E-state index < -0.39 is 0 Å². The quantitative estimate of drug-likeness (QED) is 0.862. The third-order valence-electron chi connectivity index (χ3n) is 3.62. The molecular weight excluding hydrogens is 250 g/mol. The molecule has 1 aromatic carbocycles. The lowest BCUT2D eigenvalue weighted by molar-refractivity contribution is 0.124. The molecule has 1 N–H and O–H groups in total. The van der Waals surface area contributed by atoms with Crippen LogP contribution in [0.2, 0.25) is 0 Å². The van der Waals surface area contributed by atoms with Gasteiger partial charge in [0.1, 0.15) is 5.60 Å². The van der Waals surface area contributed by atoms with E-state index in [0.717, 1.165) is 30.9 Å². The van der Waals surface area contributed by atoms with Gasteiger partial charge in [-0.15, -0.1) is 0 Å². The Morgan fingerprint density at radius 3 is 2.80 bits per heavy atom. The van der Waals surface area contributed by atoms with Crippen molar-refractivity contribution in [3.8, 4) is 11.5 Å². The molecular formula is C17H27NO2. The molecule has 3 nitrogen and oxygen atoms in total. The van der Waals surface area contributed by atoms with E-state index in [1.807, 2.05) is 6.07 Å². The molecule has 0 fully saturated rings. The van der Waals surface area contributed by atoms with Gasteiger partial charge < -0.3 is 14.8 Å². The minimum atomic E-state index is -0.123. The van der Waals surface area contributed by atoms with Crippen LogP contribution in [0, 0.1) is 0 Å². The molecule has 0 amide bonds. The van der Waals surface area contributed by atoms with E-state index in [4.69, 9.17) is 9.47 Å². The fourth-order valence-electron chi connectivity index (χ4n) is 2.87. The maximum Gasteiger partial charge on any atom is 0.165 e. The van der Waals surface area contributed by atoms with Gasteiger partial charge in [0, 0.05) is 18.0 Å². The van der Waals surface area contributed by atoms with Crippen LogP contribution in [0.15, 0.2) is 18.2 Å². The number of hydrogen-bond acceptors (Lipinski definition) is 3. The van der Waals surface area contributed by atoms with Gasteiger partial charge in [0.2, 0.25) is 0 Å². The number of rotatable bonds is 6. The zero-order valence-corrected chi connectivity index (χ0v) is 13.3. The van der Waals surface area contributed by atoms with Crippen LogP contribution < -0.4 is 14.8 Å². The van der Waals surface area contributed by atoms with Crippen LogP contribution in [0.3, 0.4) is 0 Å². The molecule has 1 aromatic rings. The molecule has 3 heteroatoms. The van der Waals surface area contributed by atoms with Crippen molar-refractivity contribution in [3.05, 3.63) is 23.8 Å². The number of benzene rings is 1. The number of hydrogen-bond donors (Lipinski definition) is 1. The highest BCUT2D eigenvalue weighted by Gasteiger charge is 2.32. The lowest BCUT2D eigenvalue weighted by Gasteiger charge is -2.22. The molecule has 2 atom stereocenters. The van der Waals surface area contributed by atoms with Gasteiger partial charge >= 0.3 is 0 Å². The fourth-order valence-corrected chi connectivity index (χ4v) is 2.87. The smallest absolute Gasteiger partial charge is 0.165 e. The van der Waals surface area contributed by atoms with Gasteiger partial charge in [0.25, 0.3) is 0 Å². The van der Waals surface area contributed by atoms with Crippen LogP contribution in [-0.4, -0.2) is 24.3 Å².